The Hall–Kier alpha value is -2.41. The molecule has 0 bridgehead atoms. The first-order valence-corrected chi connectivity index (χ1v) is 8.39. The molecule has 2 aromatic rings. The number of hydrogen-bond donors (Lipinski definition) is 1. The van der Waals surface area contributed by atoms with Gasteiger partial charge >= 0.3 is 6.09 Å². The number of carbonyl (C=O) groups excluding carboxylic acids is 2. The Morgan fingerprint density at radius 3 is 2.88 bits per heavy atom. The number of cyclic esters (lactones) is 1. The van der Waals surface area contributed by atoms with Crippen LogP contribution in [0.25, 0.3) is 10.4 Å². The van der Waals surface area contributed by atoms with E-state index in [0.717, 1.165) is 10.4 Å². The number of hydrogen-bond acceptors (Lipinski definition) is 4. The molecule has 2 heterocycles. The molecule has 24 heavy (non-hydrogen) atoms. The number of nitrogens with zero attached hydrogens (tertiary/aromatic N) is 1. The maximum Gasteiger partial charge on any atom is 0.414 e. The predicted molar refractivity (Wildman–Crippen MR) is 90.7 cm³/mol. The zero-order valence-corrected chi connectivity index (χ0v) is 14.2. The summed E-state index contributed by atoms with van der Waals surface area (Å²) in [6.45, 7) is 3.87. The Labute approximate surface area is 143 Å². The minimum Gasteiger partial charge on any atom is -0.442 e. The van der Waals surface area contributed by atoms with Crippen molar-refractivity contribution < 1.29 is 18.7 Å². The van der Waals surface area contributed by atoms with Gasteiger partial charge in [-0.3, -0.25) is 9.69 Å². The molecule has 7 heteroatoms. The number of carbonyl (C=O) groups is 2. The third-order valence-corrected chi connectivity index (χ3v) is 4.79. The smallest absolute Gasteiger partial charge is 0.414 e. The highest BCUT2D eigenvalue weighted by Crippen LogP contribution is 2.32. The molecule has 1 aliphatic heterocycles. The van der Waals surface area contributed by atoms with Gasteiger partial charge in [-0.2, -0.15) is 0 Å². The average molecular weight is 348 g/mol. The van der Waals surface area contributed by atoms with E-state index in [0.29, 0.717) is 11.3 Å². The van der Waals surface area contributed by atoms with Crippen LogP contribution >= 0.6 is 11.3 Å². The van der Waals surface area contributed by atoms with E-state index < -0.39 is 12.2 Å². The van der Waals surface area contributed by atoms with Crippen LogP contribution in [0.15, 0.2) is 29.6 Å². The second-order valence-electron chi connectivity index (χ2n) is 5.71. The number of halogens is 1. The first-order valence-electron chi connectivity index (χ1n) is 7.51. The molecule has 3 rings (SSSR count). The SMILES string of the molecule is CC(=O)NC[C@H]1CN(c2ccc(-c3cc(C)cs3)c(F)c2)C(=O)O1. The van der Waals surface area contributed by atoms with E-state index in [-0.39, 0.29) is 24.8 Å². The fourth-order valence-corrected chi connectivity index (χ4v) is 3.47. The fourth-order valence-electron chi connectivity index (χ4n) is 2.54. The van der Waals surface area contributed by atoms with Crippen molar-refractivity contribution in [3.05, 3.63) is 41.0 Å². The topological polar surface area (TPSA) is 58.6 Å². The van der Waals surface area contributed by atoms with Gasteiger partial charge in [0.25, 0.3) is 0 Å². The van der Waals surface area contributed by atoms with Crippen molar-refractivity contribution in [1.82, 2.24) is 5.32 Å². The number of nitrogens with one attached hydrogen (secondary N) is 1. The van der Waals surface area contributed by atoms with Crippen molar-refractivity contribution in [1.29, 1.82) is 0 Å². The van der Waals surface area contributed by atoms with Gasteiger partial charge in [0.2, 0.25) is 5.91 Å². The van der Waals surface area contributed by atoms with Gasteiger partial charge in [0.15, 0.2) is 0 Å². The maximum absolute atomic E-state index is 14.4. The molecule has 126 valence electrons. The minimum absolute atomic E-state index is 0.189. The van der Waals surface area contributed by atoms with Gasteiger partial charge in [-0.25, -0.2) is 9.18 Å². The van der Waals surface area contributed by atoms with E-state index >= 15 is 0 Å². The second kappa shape index (κ2) is 6.60. The van der Waals surface area contributed by atoms with E-state index in [9.17, 15) is 14.0 Å². The minimum atomic E-state index is -0.538. The summed E-state index contributed by atoms with van der Waals surface area (Å²) >= 11 is 1.48. The molecule has 1 saturated heterocycles. The molecular formula is C17H17FN2O3S. The Bertz CT molecular complexity index is 790. The van der Waals surface area contributed by atoms with Crippen molar-refractivity contribution in [2.45, 2.75) is 20.0 Å². The molecule has 1 atom stereocenters. The monoisotopic (exact) mass is 348 g/mol. The summed E-state index contributed by atoms with van der Waals surface area (Å²) in [5.41, 5.74) is 2.04. The number of amides is 2. The molecule has 0 spiro atoms. The fraction of sp³-hybridized carbons (Fsp3) is 0.294. The van der Waals surface area contributed by atoms with Crippen LogP contribution in [0, 0.1) is 12.7 Å². The predicted octanol–water partition coefficient (Wildman–Crippen LogP) is 3.32. The number of anilines is 1. The maximum atomic E-state index is 14.4. The number of rotatable bonds is 4. The normalized spacial score (nSPS) is 17.0. The van der Waals surface area contributed by atoms with Crippen LogP contribution in [0.3, 0.4) is 0 Å². The molecule has 5 nitrogen and oxygen atoms in total. The van der Waals surface area contributed by atoms with E-state index in [4.69, 9.17) is 4.74 Å². The second-order valence-corrected chi connectivity index (χ2v) is 6.62. The number of benzene rings is 1. The highest BCUT2D eigenvalue weighted by atomic mass is 32.1. The van der Waals surface area contributed by atoms with Crippen LogP contribution in [0.1, 0.15) is 12.5 Å². The first-order chi connectivity index (χ1) is 11.4. The molecule has 0 radical (unpaired) electrons. The van der Waals surface area contributed by atoms with Gasteiger partial charge in [0.1, 0.15) is 11.9 Å². The van der Waals surface area contributed by atoms with E-state index in [1.54, 1.807) is 12.1 Å². The van der Waals surface area contributed by atoms with Crippen molar-refractivity contribution in [3.8, 4) is 10.4 Å². The quantitative estimate of drug-likeness (QED) is 0.922. The summed E-state index contributed by atoms with van der Waals surface area (Å²) in [5, 5.41) is 4.57. The Morgan fingerprint density at radius 1 is 1.46 bits per heavy atom. The zero-order chi connectivity index (χ0) is 17.3. The molecule has 0 aliphatic carbocycles. The van der Waals surface area contributed by atoms with Crippen LogP contribution in [-0.4, -0.2) is 31.2 Å². The molecule has 1 aliphatic rings. The van der Waals surface area contributed by atoms with Crippen LogP contribution in [0.2, 0.25) is 0 Å². The average Bonchev–Trinajstić information content (AvgIpc) is 3.11. The Balaban J connectivity index is 1.77. The number of thiophene rings is 1. The summed E-state index contributed by atoms with van der Waals surface area (Å²) in [5.74, 6) is -0.571. The van der Waals surface area contributed by atoms with Gasteiger partial charge in [0.05, 0.1) is 18.8 Å². The van der Waals surface area contributed by atoms with Crippen LogP contribution in [-0.2, 0) is 9.53 Å². The standard InChI is InChI=1S/C17H17FN2O3S/c1-10-5-16(24-9-10)14-4-3-12(6-15(14)18)20-8-13(23-17(20)22)7-19-11(2)21/h3-6,9,13H,7-8H2,1-2H3,(H,19,21)/t13-/m0/s1. The van der Waals surface area contributed by atoms with Crippen molar-refractivity contribution in [3.63, 3.8) is 0 Å². The number of aryl methyl sites for hydroxylation is 1. The summed E-state index contributed by atoms with van der Waals surface area (Å²) in [6.07, 6.45) is -0.978. The van der Waals surface area contributed by atoms with Crippen LogP contribution in [0.5, 0.6) is 0 Å². The Morgan fingerprint density at radius 2 is 2.25 bits per heavy atom. The van der Waals surface area contributed by atoms with Gasteiger partial charge in [-0.05, 0) is 42.1 Å². The summed E-state index contributed by atoms with van der Waals surface area (Å²) in [7, 11) is 0. The molecular weight excluding hydrogens is 331 g/mol. The summed E-state index contributed by atoms with van der Waals surface area (Å²) in [6, 6.07) is 6.64. The lowest BCUT2D eigenvalue weighted by Gasteiger charge is -2.14. The molecule has 1 fully saturated rings. The Kier molecular flexibility index (Phi) is 4.53. The highest BCUT2D eigenvalue weighted by Gasteiger charge is 2.32. The molecule has 2 amide bonds. The van der Waals surface area contributed by atoms with Gasteiger partial charge in [-0.15, -0.1) is 11.3 Å². The van der Waals surface area contributed by atoms with Crippen molar-refractivity contribution >= 4 is 29.0 Å². The zero-order valence-electron chi connectivity index (χ0n) is 13.3. The van der Waals surface area contributed by atoms with Crippen molar-refractivity contribution in [2.75, 3.05) is 18.0 Å². The van der Waals surface area contributed by atoms with Crippen molar-refractivity contribution in [2.24, 2.45) is 0 Å². The summed E-state index contributed by atoms with van der Waals surface area (Å²) in [4.78, 5) is 25.1. The molecule has 1 aromatic carbocycles. The molecule has 0 saturated carbocycles. The molecule has 0 unspecified atom stereocenters. The van der Waals surface area contributed by atoms with Crippen LogP contribution in [0.4, 0.5) is 14.9 Å². The lowest BCUT2D eigenvalue weighted by atomic mass is 10.1. The highest BCUT2D eigenvalue weighted by molar-refractivity contribution is 7.13. The summed E-state index contributed by atoms with van der Waals surface area (Å²) < 4.78 is 19.6. The van der Waals surface area contributed by atoms with E-state index in [1.807, 2.05) is 18.4 Å². The van der Waals surface area contributed by atoms with Crippen LogP contribution < -0.4 is 10.2 Å². The van der Waals surface area contributed by atoms with E-state index in [2.05, 4.69) is 5.32 Å². The first kappa shape index (κ1) is 16.4. The number of ether oxygens (including phenoxy) is 1. The molecule has 1 aromatic heterocycles. The van der Waals surface area contributed by atoms with Gasteiger partial charge < -0.3 is 10.1 Å². The molecule has 1 N–H and O–H groups in total. The third kappa shape index (κ3) is 3.41. The lowest BCUT2D eigenvalue weighted by molar-refractivity contribution is -0.119. The lowest BCUT2D eigenvalue weighted by Crippen LogP contribution is -2.33. The largest absolute Gasteiger partial charge is 0.442 e. The third-order valence-electron chi connectivity index (χ3n) is 3.71. The van der Waals surface area contributed by atoms with Gasteiger partial charge in [-0.1, -0.05) is 0 Å². The van der Waals surface area contributed by atoms with Gasteiger partial charge in [0, 0.05) is 17.4 Å². The van der Waals surface area contributed by atoms with E-state index in [1.165, 1.54) is 29.2 Å².